The second-order valence-electron chi connectivity index (χ2n) is 16.6. The summed E-state index contributed by atoms with van der Waals surface area (Å²) in [4.78, 5) is 13.6. The van der Waals surface area contributed by atoms with Crippen LogP contribution >= 0.6 is 0 Å². The van der Waals surface area contributed by atoms with E-state index in [4.69, 9.17) is 4.74 Å². The molecule has 2 unspecified atom stereocenters. The summed E-state index contributed by atoms with van der Waals surface area (Å²) in [5.41, 5.74) is 2.06. The molecule has 5 aliphatic rings. The van der Waals surface area contributed by atoms with Crippen LogP contribution in [0.1, 0.15) is 98.5 Å². The minimum absolute atomic E-state index is 0.0105. The molecule has 0 bridgehead atoms. The minimum Gasteiger partial charge on any atom is -0.469 e. The standard InChI is InChI=1S/C38H56O4/c1-24-15-18-38(33(41)42-7)20-19-36(5)28(31(38)25(24)2)13-14-30-34(3)22-27(21-26-11-9-8-10-12-26)32(40)35(4,23-39)29(34)16-17-37(30,36)6/h8-13,24-25,27,29-32,39-40H,14-23H2,1-7H3/t24-,25+,27-,29?,30-,31+,32+,34+,35?,36-,37-,38+/m1/s1. The van der Waals surface area contributed by atoms with E-state index in [1.165, 1.54) is 5.56 Å². The van der Waals surface area contributed by atoms with Gasteiger partial charge in [0.25, 0.3) is 0 Å². The summed E-state index contributed by atoms with van der Waals surface area (Å²) < 4.78 is 5.56. The van der Waals surface area contributed by atoms with Crippen LogP contribution in [0.15, 0.2) is 42.0 Å². The maximum atomic E-state index is 13.6. The second-order valence-corrected chi connectivity index (χ2v) is 16.6. The zero-order chi connectivity index (χ0) is 30.3. The van der Waals surface area contributed by atoms with E-state index in [2.05, 4.69) is 78.0 Å². The number of rotatable bonds is 4. The van der Waals surface area contributed by atoms with Crippen molar-refractivity contribution in [3.05, 3.63) is 47.5 Å². The molecular weight excluding hydrogens is 520 g/mol. The first kappa shape index (κ1) is 30.4. The van der Waals surface area contributed by atoms with Crippen LogP contribution in [0.2, 0.25) is 0 Å². The van der Waals surface area contributed by atoms with Crippen molar-refractivity contribution >= 4 is 5.97 Å². The van der Waals surface area contributed by atoms with Crippen molar-refractivity contribution in [2.75, 3.05) is 13.7 Å². The van der Waals surface area contributed by atoms with Gasteiger partial charge in [-0.05, 0) is 115 Å². The second kappa shape index (κ2) is 10.2. The highest BCUT2D eigenvalue weighted by atomic mass is 16.5. The number of carbonyl (C=O) groups is 1. The monoisotopic (exact) mass is 576 g/mol. The molecule has 1 aromatic carbocycles. The van der Waals surface area contributed by atoms with Crippen LogP contribution in [-0.4, -0.2) is 36.0 Å². The summed E-state index contributed by atoms with van der Waals surface area (Å²) in [6.45, 7) is 14.6. The smallest absolute Gasteiger partial charge is 0.312 e. The van der Waals surface area contributed by atoms with Gasteiger partial charge in [-0.25, -0.2) is 0 Å². The van der Waals surface area contributed by atoms with Crippen molar-refractivity contribution in [2.45, 2.75) is 105 Å². The summed E-state index contributed by atoms with van der Waals surface area (Å²) in [7, 11) is 1.58. The largest absolute Gasteiger partial charge is 0.469 e. The van der Waals surface area contributed by atoms with E-state index in [0.717, 1.165) is 57.8 Å². The van der Waals surface area contributed by atoms with Gasteiger partial charge in [-0.2, -0.15) is 0 Å². The zero-order valence-corrected chi connectivity index (χ0v) is 27.3. The van der Waals surface area contributed by atoms with Crippen LogP contribution in [0.25, 0.3) is 0 Å². The molecule has 1 aromatic rings. The Morgan fingerprint density at radius 3 is 2.36 bits per heavy atom. The zero-order valence-electron chi connectivity index (χ0n) is 27.3. The molecule has 42 heavy (non-hydrogen) atoms. The third-order valence-electron chi connectivity index (χ3n) is 15.1. The summed E-state index contributed by atoms with van der Waals surface area (Å²) in [6.07, 6.45) is 11.1. The average Bonchev–Trinajstić information content (AvgIpc) is 2.98. The van der Waals surface area contributed by atoms with E-state index in [1.807, 2.05) is 0 Å². The Kier molecular flexibility index (Phi) is 7.37. The van der Waals surface area contributed by atoms with Crippen molar-refractivity contribution in [3.8, 4) is 0 Å². The first-order valence-electron chi connectivity index (χ1n) is 16.9. The van der Waals surface area contributed by atoms with Gasteiger partial charge in [0, 0.05) is 5.41 Å². The van der Waals surface area contributed by atoms with Crippen LogP contribution in [0.5, 0.6) is 0 Å². The van der Waals surface area contributed by atoms with E-state index in [-0.39, 0.29) is 52.0 Å². The number of aliphatic hydroxyl groups is 2. The van der Waals surface area contributed by atoms with E-state index >= 15 is 0 Å². The van der Waals surface area contributed by atoms with Gasteiger partial charge in [-0.3, -0.25) is 4.79 Å². The number of fused-ring (bicyclic) bond motifs is 7. The molecule has 2 N–H and O–H groups in total. The van der Waals surface area contributed by atoms with Gasteiger partial charge in [0.1, 0.15) is 0 Å². The summed E-state index contributed by atoms with van der Waals surface area (Å²) in [5, 5.41) is 22.8. The SMILES string of the molecule is COC(=O)[C@]12CC[C@@H](C)[C@H](C)[C@H]1C1=CC[C@@H]3[C@@]4(C)C[C@@H](Cc5ccccc5)[C@H](O)C(C)(CO)C4CC[C@@]3(C)[C@]1(C)CC2. The molecule has 232 valence electrons. The van der Waals surface area contributed by atoms with E-state index in [9.17, 15) is 15.0 Å². The van der Waals surface area contributed by atoms with Crippen molar-refractivity contribution in [1.29, 1.82) is 0 Å². The van der Waals surface area contributed by atoms with Crippen molar-refractivity contribution < 1.29 is 19.7 Å². The normalized spacial score (nSPS) is 49.9. The molecule has 6 rings (SSSR count). The van der Waals surface area contributed by atoms with E-state index in [1.54, 1.807) is 12.7 Å². The molecule has 0 saturated heterocycles. The van der Waals surface area contributed by atoms with Crippen LogP contribution in [0.4, 0.5) is 0 Å². The molecule has 0 radical (unpaired) electrons. The van der Waals surface area contributed by atoms with Gasteiger partial charge in [0.15, 0.2) is 0 Å². The fourth-order valence-corrected chi connectivity index (χ4v) is 12.5. The number of ether oxygens (including phenoxy) is 1. The number of hydrogen-bond donors (Lipinski definition) is 2. The molecule has 0 spiro atoms. The molecule has 4 saturated carbocycles. The summed E-state index contributed by atoms with van der Waals surface area (Å²) in [6, 6.07) is 10.6. The van der Waals surface area contributed by atoms with Crippen LogP contribution < -0.4 is 0 Å². The molecule has 4 heteroatoms. The first-order valence-corrected chi connectivity index (χ1v) is 16.9. The number of methoxy groups -OCH3 is 1. The van der Waals surface area contributed by atoms with Gasteiger partial charge in [0.2, 0.25) is 0 Å². The van der Waals surface area contributed by atoms with Crippen molar-refractivity contribution in [2.24, 2.45) is 62.6 Å². The van der Waals surface area contributed by atoms with Crippen molar-refractivity contribution in [1.82, 2.24) is 0 Å². The topological polar surface area (TPSA) is 66.8 Å². The minimum atomic E-state index is -0.518. The van der Waals surface area contributed by atoms with Gasteiger partial charge < -0.3 is 14.9 Å². The van der Waals surface area contributed by atoms with Gasteiger partial charge in [-0.15, -0.1) is 0 Å². The van der Waals surface area contributed by atoms with E-state index < -0.39 is 11.5 Å². The van der Waals surface area contributed by atoms with Gasteiger partial charge in [-0.1, -0.05) is 83.5 Å². The molecule has 12 atom stereocenters. The fourth-order valence-electron chi connectivity index (χ4n) is 12.5. The highest BCUT2D eigenvalue weighted by Gasteiger charge is 2.70. The van der Waals surface area contributed by atoms with E-state index in [0.29, 0.717) is 17.8 Å². The molecular formula is C38H56O4. The molecule has 0 amide bonds. The molecule has 0 aromatic heterocycles. The number of aliphatic hydroxyl groups excluding tert-OH is 2. The van der Waals surface area contributed by atoms with Crippen LogP contribution in [-0.2, 0) is 16.0 Å². The molecule has 0 aliphatic heterocycles. The predicted octanol–water partition coefficient (Wildman–Crippen LogP) is 7.62. The fraction of sp³-hybridized carbons (Fsp3) is 0.763. The van der Waals surface area contributed by atoms with Gasteiger partial charge in [0.05, 0.1) is 25.2 Å². The Bertz CT molecular complexity index is 1220. The maximum absolute atomic E-state index is 13.6. The molecule has 4 nitrogen and oxygen atoms in total. The lowest BCUT2D eigenvalue weighted by atomic mass is 9.32. The first-order chi connectivity index (χ1) is 19.8. The lowest BCUT2D eigenvalue weighted by Crippen LogP contribution is -2.67. The number of esters is 1. The Hall–Kier alpha value is -1.65. The Morgan fingerprint density at radius 1 is 0.976 bits per heavy atom. The highest BCUT2D eigenvalue weighted by molar-refractivity contribution is 5.78. The summed E-state index contributed by atoms with van der Waals surface area (Å²) >= 11 is 0. The lowest BCUT2D eigenvalue weighted by Gasteiger charge is -2.72. The predicted molar refractivity (Wildman–Crippen MR) is 167 cm³/mol. The summed E-state index contributed by atoms with van der Waals surface area (Å²) in [5.74, 6) is 2.17. The van der Waals surface area contributed by atoms with Crippen LogP contribution in [0.3, 0.4) is 0 Å². The Morgan fingerprint density at radius 2 is 1.69 bits per heavy atom. The Labute approximate surface area is 254 Å². The highest BCUT2D eigenvalue weighted by Crippen LogP contribution is 2.76. The maximum Gasteiger partial charge on any atom is 0.312 e. The third kappa shape index (κ3) is 3.88. The van der Waals surface area contributed by atoms with Crippen molar-refractivity contribution in [3.63, 3.8) is 0 Å². The Balaban J connectivity index is 1.43. The number of benzene rings is 1. The van der Waals surface area contributed by atoms with Gasteiger partial charge >= 0.3 is 5.97 Å². The quantitative estimate of drug-likeness (QED) is 0.286. The lowest BCUT2D eigenvalue weighted by molar-refractivity contribution is -0.232. The number of allylic oxidation sites excluding steroid dienone is 2. The van der Waals surface area contributed by atoms with Crippen LogP contribution in [0, 0.1) is 62.6 Å². The molecule has 4 fully saturated rings. The third-order valence-corrected chi connectivity index (χ3v) is 15.1. The number of hydrogen-bond acceptors (Lipinski definition) is 4. The average molecular weight is 577 g/mol. The molecule has 0 heterocycles. The molecule has 5 aliphatic carbocycles. The number of carbonyl (C=O) groups excluding carboxylic acids is 1.